The van der Waals surface area contributed by atoms with Crippen LogP contribution in [-0.4, -0.2) is 29.4 Å². The Labute approximate surface area is 136 Å². The fourth-order valence-corrected chi connectivity index (χ4v) is 3.67. The quantitative estimate of drug-likeness (QED) is 0.721. The average Bonchev–Trinajstić information content (AvgIpc) is 2.96. The summed E-state index contributed by atoms with van der Waals surface area (Å²) in [6, 6.07) is 10.3. The molecule has 0 radical (unpaired) electrons. The molecule has 4 nitrogen and oxygen atoms in total. The van der Waals surface area contributed by atoms with Crippen LogP contribution in [0.1, 0.15) is 31.2 Å². The maximum Gasteiger partial charge on any atom is 0.230 e. The van der Waals surface area contributed by atoms with Gasteiger partial charge in [0.2, 0.25) is 11.8 Å². The fraction of sp³-hybridized carbons (Fsp3) is 0.529. The first kappa shape index (κ1) is 16.9. The van der Waals surface area contributed by atoms with E-state index in [1.807, 2.05) is 18.2 Å². The molecule has 2 rings (SSSR count). The van der Waals surface area contributed by atoms with Gasteiger partial charge in [-0.15, -0.1) is 0 Å². The van der Waals surface area contributed by atoms with Crippen LogP contribution in [0.5, 0.6) is 0 Å². The van der Waals surface area contributed by atoms with E-state index in [4.69, 9.17) is 5.73 Å². The van der Waals surface area contributed by atoms with Crippen LogP contribution in [-0.2, 0) is 16.0 Å². The molecule has 1 aromatic rings. The lowest BCUT2D eigenvalue weighted by Gasteiger charge is -2.18. The minimum absolute atomic E-state index is 0.0165. The predicted octanol–water partition coefficient (Wildman–Crippen LogP) is 2.12. The number of rotatable bonds is 8. The zero-order valence-electron chi connectivity index (χ0n) is 12.8. The summed E-state index contributed by atoms with van der Waals surface area (Å²) in [5, 5.41) is 2.96. The molecule has 1 saturated carbocycles. The molecule has 0 saturated heterocycles. The standard InChI is InChI=1S/C17H24N2O2S/c18-17(21)14-9-4-10-15(14)19-16(20)12-22-11-5-8-13-6-2-1-3-7-13/h1-3,6-7,14-15H,4-5,8-12H2,(H2,18,21)(H,19,20)/t14-,15+/m1/s1. The van der Waals surface area contributed by atoms with Crippen LogP contribution in [0.4, 0.5) is 0 Å². The molecule has 22 heavy (non-hydrogen) atoms. The lowest BCUT2D eigenvalue weighted by Crippen LogP contribution is -2.43. The second kappa shape index (κ2) is 8.83. The minimum atomic E-state index is -0.293. The van der Waals surface area contributed by atoms with Crippen molar-refractivity contribution in [3.05, 3.63) is 35.9 Å². The second-order valence-corrected chi connectivity index (χ2v) is 6.86. The zero-order valence-corrected chi connectivity index (χ0v) is 13.6. The Kier molecular flexibility index (Phi) is 6.77. The Bertz CT molecular complexity index is 493. The highest BCUT2D eigenvalue weighted by Crippen LogP contribution is 2.25. The molecule has 5 heteroatoms. The Balaban J connectivity index is 1.59. The van der Waals surface area contributed by atoms with Crippen LogP contribution in [0, 0.1) is 5.92 Å². The summed E-state index contributed by atoms with van der Waals surface area (Å²) in [4.78, 5) is 23.2. The lowest BCUT2D eigenvalue weighted by atomic mass is 10.0. The molecule has 1 aliphatic carbocycles. The van der Waals surface area contributed by atoms with E-state index in [1.165, 1.54) is 5.56 Å². The maximum atomic E-state index is 11.9. The van der Waals surface area contributed by atoms with Crippen LogP contribution in [0.3, 0.4) is 0 Å². The number of nitrogens with two attached hydrogens (primary N) is 1. The summed E-state index contributed by atoms with van der Waals surface area (Å²) < 4.78 is 0. The number of nitrogens with one attached hydrogen (secondary N) is 1. The van der Waals surface area contributed by atoms with Crippen molar-refractivity contribution in [1.82, 2.24) is 5.32 Å². The first-order chi connectivity index (χ1) is 10.7. The van der Waals surface area contributed by atoms with Crippen molar-refractivity contribution >= 4 is 23.6 Å². The highest BCUT2D eigenvalue weighted by atomic mass is 32.2. The molecule has 1 aromatic carbocycles. The van der Waals surface area contributed by atoms with Crippen molar-refractivity contribution in [1.29, 1.82) is 0 Å². The smallest absolute Gasteiger partial charge is 0.230 e. The van der Waals surface area contributed by atoms with Crippen molar-refractivity contribution in [2.45, 2.75) is 38.1 Å². The van der Waals surface area contributed by atoms with Crippen molar-refractivity contribution in [3.8, 4) is 0 Å². The molecule has 0 bridgehead atoms. The van der Waals surface area contributed by atoms with Crippen LogP contribution in [0.15, 0.2) is 30.3 Å². The highest BCUT2D eigenvalue weighted by Gasteiger charge is 2.32. The summed E-state index contributed by atoms with van der Waals surface area (Å²) in [5.41, 5.74) is 6.70. The van der Waals surface area contributed by atoms with Gasteiger partial charge >= 0.3 is 0 Å². The van der Waals surface area contributed by atoms with Crippen LogP contribution >= 0.6 is 11.8 Å². The summed E-state index contributed by atoms with van der Waals surface area (Å²) in [6.07, 6.45) is 4.72. The topological polar surface area (TPSA) is 72.2 Å². The fourth-order valence-electron chi connectivity index (χ4n) is 2.91. The number of aryl methyl sites for hydroxylation is 1. The molecule has 0 aliphatic heterocycles. The van der Waals surface area contributed by atoms with Crippen LogP contribution in [0.2, 0.25) is 0 Å². The number of hydrogen-bond acceptors (Lipinski definition) is 3. The molecule has 0 heterocycles. The molecule has 0 aromatic heterocycles. The monoisotopic (exact) mass is 320 g/mol. The normalized spacial score (nSPS) is 20.7. The Morgan fingerprint density at radius 2 is 2.00 bits per heavy atom. The lowest BCUT2D eigenvalue weighted by molar-refractivity contribution is -0.123. The molecular formula is C17H24N2O2S. The van der Waals surface area contributed by atoms with Gasteiger partial charge in [0.15, 0.2) is 0 Å². The van der Waals surface area contributed by atoms with Gasteiger partial charge in [0.05, 0.1) is 11.7 Å². The van der Waals surface area contributed by atoms with Gasteiger partial charge in [-0.2, -0.15) is 11.8 Å². The van der Waals surface area contributed by atoms with Crippen LogP contribution < -0.4 is 11.1 Å². The third-order valence-electron chi connectivity index (χ3n) is 4.06. The molecule has 2 atom stereocenters. The Morgan fingerprint density at radius 3 is 2.73 bits per heavy atom. The number of amides is 2. The van der Waals surface area contributed by atoms with E-state index in [2.05, 4.69) is 17.4 Å². The number of carbonyl (C=O) groups is 2. The van der Waals surface area contributed by atoms with Crippen molar-refractivity contribution < 1.29 is 9.59 Å². The van der Waals surface area contributed by atoms with Gasteiger partial charge in [-0.1, -0.05) is 36.8 Å². The average molecular weight is 320 g/mol. The number of primary amides is 1. The third-order valence-corrected chi connectivity index (χ3v) is 5.10. The Morgan fingerprint density at radius 1 is 1.23 bits per heavy atom. The molecule has 1 fully saturated rings. The van der Waals surface area contributed by atoms with E-state index in [-0.39, 0.29) is 23.8 Å². The number of benzene rings is 1. The number of hydrogen-bond donors (Lipinski definition) is 2. The minimum Gasteiger partial charge on any atom is -0.369 e. The summed E-state index contributed by atoms with van der Waals surface area (Å²) in [6.45, 7) is 0. The second-order valence-electron chi connectivity index (χ2n) is 5.76. The zero-order chi connectivity index (χ0) is 15.8. The molecule has 120 valence electrons. The highest BCUT2D eigenvalue weighted by molar-refractivity contribution is 7.99. The molecule has 2 amide bonds. The third kappa shape index (κ3) is 5.37. The van der Waals surface area contributed by atoms with E-state index >= 15 is 0 Å². The van der Waals surface area contributed by atoms with Crippen molar-refractivity contribution in [3.63, 3.8) is 0 Å². The van der Waals surface area contributed by atoms with Gasteiger partial charge < -0.3 is 11.1 Å². The molecule has 3 N–H and O–H groups in total. The molecule has 0 unspecified atom stereocenters. The summed E-state index contributed by atoms with van der Waals surface area (Å²) >= 11 is 1.65. The van der Waals surface area contributed by atoms with Crippen molar-refractivity contribution in [2.75, 3.05) is 11.5 Å². The summed E-state index contributed by atoms with van der Waals surface area (Å²) in [5.74, 6) is 0.955. The number of carbonyl (C=O) groups excluding carboxylic acids is 2. The van der Waals surface area contributed by atoms with E-state index in [1.54, 1.807) is 11.8 Å². The van der Waals surface area contributed by atoms with Crippen LogP contribution in [0.25, 0.3) is 0 Å². The van der Waals surface area contributed by atoms with E-state index in [0.29, 0.717) is 5.75 Å². The van der Waals surface area contributed by atoms with Gasteiger partial charge in [0.25, 0.3) is 0 Å². The maximum absolute atomic E-state index is 11.9. The SMILES string of the molecule is NC(=O)[C@@H]1CCC[C@@H]1NC(=O)CSCCCc1ccccc1. The molecular weight excluding hydrogens is 296 g/mol. The van der Waals surface area contributed by atoms with E-state index in [9.17, 15) is 9.59 Å². The van der Waals surface area contributed by atoms with Gasteiger partial charge in [-0.3, -0.25) is 9.59 Å². The van der Waals surface area contributed by atoms with Gasteiger partial charge in [0, 0.05) is 6.04 Å². The van der Waals surface area contributed by atoms with Gasteiger partial charge in [-0.05, 0) is 37.0 Å². The first-order valence-corrected chi connectivity index (χ1v) is 9.02. The Hall–Kier alpha value is -1.49. The molecule has 1 aliphatic rings. The number of thioether (sulfide) groups is 1. The predicted molar refractivity (Wildman–Crippen MR) is 90.6 cm³/mol. The van der Waals surface area contributed by atoms with Gasteiger partial charge in [-0.25, -0.2) is 0 Å². The van der Waals surface area contributed by atoms with E-state index in [0.717, 1.165) is 37.9 Å². The van der Waals surface area contributed by atoms with Crippen molar-refractivity contribution in [2.24, 2.45) is 11.7 Å². The first-order valence-electron chi connectivity index (χ1n) is 7.87. The summed E-state index contributed by atoms with van der Waals surface area (Å²) in [7, 11) is 0. The van der Waals surface area contributed by atoms with Gasteiger partial charge in [0.1, 0.15) is 0 Å². The molecule has 0 spiro atoms. The largest absolute Gasteiger partial charge is 0.369 e. The van der Waals surface area contributed by atoms with E-state index < -0.39 is 0 Å².